The molecule has 1 aliphatic rings. The third-order valence-corrected chi connectivity index (χ3v) is 4.30. The fourth-order valence-electron chi connectivity index (χ4n) is 2.71. The smallest absolute Gasteiger partial charge is 0.0979 e. The van der Waals surface area contributed by atoms with Gasteiger partial charge < -0.3 is 4.74 Å². The summed E-state index contributed by atoms with van der Waals surface area (Å²) >= 11 is 3.51. The highest BCUT2D eigenvalue weighted by Crippen LogP contribution is 2.39. The highest BCUT2D eigenvalue weighted by atomic mass is 79.9. The van der Waals surface area contributed by atoms with Crippen LogP contribution in [0, 0.1) is 0 Å². The minimum atomic E-state index is -0.0908. The summed E-state index contributed by atoms with van der Waals surface area (Å²) in [5, 5.41) is 3.65. The molecule has 0 unspecified atom stereocenters. The summed E-state index contributed by atoms with van der Waals surface area (Å²) < 4.78 is 6.98. The Kier molecular flexibility index (Phi) is 4.70. The lowest BCUT2D eigenvalue weighted by molar-refractivity contribution is -0.0252. The Labute approximate surface area is 125 Å². The van der Waals surface area contributed by atoms with Crippen molar-refractivity contribution < 1.29 is 4.74 Å². The fraction of sp³-hybridized carbons (Fsp3) is 0.625. The zero-order valence-electron chi connectivity index (χ0n) is 12.1. The summed E-state index contributed by atoms with van der Waals surface area (Å²) in [6.07, 6.45) is 4.97. The van der Waals surface area contributed by atoms with E-state index in [-0.39, 0.29) is 11.1 Å². The average Bonchev–Trinajstić information content (AvgIpc) is 2.78. The van der Waals surface area contributed by atoms with Crippen LogP contribution in [0.4, 0.5) is 0 Å². The molecule has 1 fully saturated rings. The van der Waals surface area contributed by atoms with Gasteiger partial charge in [-0.1, -0.05) is 40.9 Å². The first-order valence-electron chi connectivity index (χ1n) is 7.06. The highest BCUT2D eigenvalue weighted by molar-refractivity contribution is 9.10. The molecule has 0 heterocycles. The van der Waals surface area contributed by atoms with Gasteiger partial charge in [-0.05, 0) is 51.3 Å². The summed E-state index contributed by atoms with van der Waals surface area (Å²) in [6, 6.07) is 8.70. The minimum absolute atomic E-state index is 0.0908. The molecule has 0 aliphatic heterocycles. The molecular formula is C16H24BrNO. The minimum Gasteiger partial charge on any atom is -0.361 e. The summed E-state index contributed by atoms with van der Waals surface area (Å²) in [5.41, 5.74) is 1.39. The monoisotopic (exact) mass is 325 g/mol. The summed E-state index contributed by atoms with van der Waals surface area (Å²) in [4.78, 5) is 0. The van der Waals surface area contributed by atoms with Crippen LogP contribution in [0.15, 0.2) is 28.7 Å². The van der Waals surface area contributed by atoms with Gasteiger partial charge in [0.15, 0.2) is 0 Å². The molecule has 2 rings (SSSR count). The molecule has 0 saturated heterocycles. The number of hydrogen-bond acceptors (Lipinski definition) is 2. The Bertz CT molecular complexity index is 402. The molecule has 0 radical (unpaired) electrons. The first-order valence-corrected chi connectivity index (χ1v) is 7.86. The van der Waals surface area contributed by atoms with Crippen LogP contribution in [-0.4, -0.2) is 12.3 Å². The van der Waals surface area contributed by atoms with Crippen molar-refractivity contribution in [3.05, 3.63) is 34.3 Å². The van der Waals surface area contributed by atoms with E-state index in [0.29, 0.717) is 6.73 Å². The molecule has 2 nitrogen and oxygen atoms in total. The molecule has 1 aliphatic carbocycles. The molecule has 1 saturated carbocycles. The van der Waals surface area contributed by atoms with Crippen molar-refractivity contribution in [3.63, 3.8) is 0 Å². The van der Waals surface area contributed by atoms with Gasteiger partial charge in [0.2, 0.25) is 0 Å². The summed E-state index contributed by atoms with van der Waals surface area (Å²) in [5.74, 6) is 0. The van der Waals surface area contributed by atoms with Crippen LogP contribution in [0.5, 0.6) is 0 Å². The molecule has 0 atom stereocenters. The van der Waals surface area contributed by atoms with Gasteiger partial charge in [0.05, 0.1) is 12.3 Å². The standard InChI is InChI=1S/C16H24BrNO/c1-15(2,3)19-12-18-16(10-4-5-11-16)13-6-8-14(17)9-7-13/h6-9,18H,4-5,10-12H2,1-3H3. The molecular weight excluding hydrogens is 302 g/mol. The molecule has 0 spiro atoms. The van der Waals surface area contributed by atoms with E-state index in [0.717, 1.165) is 4.47 Å². The van der Waals surface area contributed by atoms with Crippen LogP contribution >= 0.6 is 15.9 Å². The zero-order chi connectivity index (χ0) is 13.9. The number of ether oxygens (including phenoxy) is 1. The molecule has 3 heteroatoms. The van der Waals surface area contributed by atoms with Crippen LogP contribution in [-0.2, 0) is 10.3 Å². The number of benzene rings is 1. The molecule has 0 aromatic heterocycles. The predicted octanol–water partition coefficient (Wildman–Crippen LogP) is 4.58. The van der Waals surface area contributed by atoms with E-state index < -0.39 is 0 Å². The molecule has 19 heavy (non-hydrogen) atoms. The number of hydrogen-bond donors (Lipinski definition) is 1. The topological polar surface area (TPSA) is 21.3 Å². The van der Waals surface area contributed by atoms with E-state index in [4.69, 9.17) is 4.74 Å². The van der Waals surface area contributed by atoms with E-state index in [1.54, 1.807) is 0 Å². The maximum Gasteiger partial charge on any atom is 0.0979 e. The first kappa shape index (κ1) is 15.0. The van der Waals surface area contributed by atoms with E-state index in [1.807, 2.05) is 0 Å². The lowest BCUT2D eigenvalue weighted by atomic mass is 9.88. The SMILES string of the molecule is CC(C)(C)OCNC1(c2ccc(Br)cc2)CCCC1. The summed E-state index contributed by atoms with van der Waals surface area (Å²) in [6.45, 7) is 6.89. The molecule has 0 amide bonds. The number of halogens is 1. The third kappa shape index (κ3) is 4.04. The Hall–Kier alpha value is -0.380. The predicted molar refractivity (Wildman–Crippen MR) is 83.1 cm³/mol. The average molecular weight is 326 g/mol. The Balaban J connectivity index is 2.07. The third-order valence-electron chi connectivity index (χ3n) is 3.77. The highest BCUT2D eigenvalue weighted by Gasteiger charge is 2.35. The fourth-order valence-corrected chi connectivity index (χ4v) is 2.97. The first-order chi connectivity index (χ1) is 8.91. The van der Waals surface area contributed by atoms with Crippen molar-refractivity contribution in [2.45, 2.75) is 57.6 Å². The Morgan fingerprint density at radius 3 is 2.26 bits per heavy atom. The summed E-state index contributed by atoms with van der Waals surface area (Å²) in [7, 11) is 0. The number of rotatable bonds is 4. The van der Waals surface area contributed by atoms with Crippen LogP contribution in [0.2, 0.25) is 0 Å². The van der Waals surface area contributed by atoms with Gasteiger partial charge in [-0.3, -0.25) is 5.32 Å². The van der Waals surface area contributed by atoms with E-state index in [2.05, 4.69) is 66.3 Å². The van der Waals surface area contributed by atoms with E-state index in [9.17, 15) is 0 Å². The largest absolute Gasteiger partial charge is 0.361 e. The number of nitrogens with one attached hydrogen (secondary N) is 1. The zero-order valence-corrected chi connectivity index (χ0v) is 13.7. The molecule has 1 N–H and O–H groups in total. The lowest BCUT2D eigenvalue weighted by Gasteiger charge is -2.33. The molecule has 1 aromatic carbocycles. The molecule has 1 aromatic rings. The second kappa shape index (κ2) is 5.94. The van der Waals surface area contributed by atoms with Crippen LogP contribution < -0.4 is 5.32 Å². The van der Waals surface area contributed by atoms with E-state index >= 15 is 0 Å². The van der Waals surface area contributed by atoms with Gasteiger partial charge >= 0.3 is 0 Å². The van der Waals surface area contributed by atoms with Crippen molar-refractivity contribution >= 4 is 15.9 Å². The van der Waals surface area contributed by atoms with Gasteiger partial charge in [0.1, 0.15) is 0 Å². The Morgan fingerprint density at radius 1 is 1.16 bits per heavy atom. The van der Waals surface area contributed by atoms with Gasteiger partial charge in [-0.25, -0.2) is 0 Å². The van der Waals surface area contributed by atoms with Crippen LogP contribution in [0.3, 0.4) is 0 Å². The second-order valence-corrected chi connectivity index (χ2v) is 7.29. The van der Waals surface area contributed by atoms with Crippen molar-refractivity contribution in [2.75, 3.05) is 6.73 Å². The maximum absolute atomic E-state index is 5.84. The van der Waals surface area contributed by atoms with E-state index in [1.165, 1.54) is 31.2 Å². The lowest BCUT2D eigenvalue weighted by Crippen LogP contribution is -2.42. The van der Waals surface area contributed by atoms with Crippen LogP contribution in [0.25, 0.3) is 0 Å². The molecule has 0 bridgehead atoms. The van der Waals surface area contributed by atoms with Gasteiger partial charge in [0, 0.05) is 10.0 Å². The quantitative estimate of drug-likeness (QED) is 0.818. The second-order valence-electron chi connectivity index (χ2n) is 6.37. The van der Waals surface area contributed by atoms with Crippen molar-refractivity contribution in [2.24, 2.45) is 0 Å². The van der Waals surface area contributed by atoms with Crippen molar-refractivity contribution in [1.29, 1.82) is 0 Å². The van der Waals surface area contributed by atoms with Crippen LogP contribution in [0.1, 0.15) is 52.0 Å². The van der Waals surface area contributed by atoms with Gasteiger partial charge in [-0.15, -0.1) is 0 Å². The van der Waals surface area contributed by atoms with Crippen molar-refractivity contribution in [1.82, 2.24) is 5.32 Å². The maximum atomic E-state index is 5.84. The normalized spacial score (nSPS) is 18.7. The van der Waals surface area contributed by atoms with Crippen molar-refractivity contribution in [3.8, 4) is 0 Å². The Morgan fingerprint density at radius 2 is 1.74 bits per heavy atom. The van der Waals surface area contributed by atoms with Gasteiger partial charge in [0.25, 0.3) is 0 Å². The van der Waals surface area contributed by atoms with Gasteiger partial charge in [-0.2, -0.15) is 0 Å². The molecule has 106 valence electrons.